The van der Waals surface area contributed by atoms with Gasteiger partial charge in [-0.3, -0.25) is 9.69 Å². The van der Waals surface area contributed by atoms with Crippen molar-refractivity contribution in [3.8, 4) is 0 Å². The van der Waals surface area contributed by atoms with Gasteiger partial charge in [0, 0.05) is 6.04 Å². The van der Waals surface area contributed by atoms with Gasteiger partial charge in [0.15, 0.2) is 0 Å². The average Bonchev–Trinajstić information content (AvgIpc) is 3.04. The Labute approximate surface area is 134 Å². The normalized spacial score (nSPS) is 21.7. The lowest BCUT2D eigenvalue weighted by Gasteiger charge is -2.30. The van der Waals surface area contributed by atoms with E-state index in [1.807, 2.05) is 0 Å². The summed E-state index contributed by atoms with van der Waals surface area (Å²) >= 11 is 0. The summed E-state index contributed by atoms with van der Waals surface area (Å²) in [5.41, 5.74) is 2.39. The van der Waals surface area contributed by atoms with Gasteiger partial charge in [0.1, 0.15) is 6.04 Å². The number of likely N-dealkylation sites (tertiary alicyclic amines) is 1. The van der Waals surface area contributed by atoms with Gasteiger partial charge in [0.25, 0.3) is 0 Å². The zero-order valence-electron chi connectivity index (χ0n) is 13.7. The molecule has 0 aromatic heterocycles. The Balaban J connectivity index is 1.74. The molecule has 0 spiro atoms. The fourth-order valence-electron chi connectivity index (χ4n) is 3.80. The molecule has 1 N–H and O–H groups in total. The molecule has 1 saturated carbocycles. The summed E-state index contributed by atoms with van der Waals surface area (Å²) in [4.78, 5) is 15.3. The zero-order valence-corrected chi connectivity index (χ0v) is 13.7. The number of nitrogens with one attached hydrogen (secondary N) is 1. The quantitative estimate of drug-likeness (QED) is 0.922. The first-order valence-electron chi connectivity index (χ1n) is 8.85. The molecule has 120 valence electrons. The van der Waals surface area contributed by atoms with E-state index in [2.05, 4.69) is 41.4 Å². The Morgan fingerprint density at radius 3 is 2.32 bits per heavy atom. The van der Waals surface area contributed by atoms with E-state index in [0.717, 1.165) is 31.5 Å². The summed E-state index contributed by atoms with van der Waals surface area (Å²) in [7, 11) is 0. The molecule has 2 fully saturated rings. The van der Waals surface area contributed by atoms with Gasteiger partial charge in [-0.2, -0.15) is 0 Å². The number of carbonyl (C=O) groups excluding carboxylic acids is 1. The molecule has 0 bridgehead atoms. The summed E-state index contributed by atoms with van der Waals surface area (Å²) in [5.74, 6) is 0.206. The monoisotopic (exact) mass is 300 g/mol. The fourth-order valence-corrected chi connectivity index (χ4v) is 3.80. The second-order valence-corrected chi connectivity index (χ2v) is 6.90. The van der Waals surface area contributed by atoms with Gasteiger partial charge in [-0.15, -0.1) is 0 Å². The van der Waals surface area contributed by atoms with Crippen LogP contribution >= 0.6 is 0 Å². The van der Waals surface area contributed by atoms with Crippen LogP contribution in [0.5, 0.6) is 0 Å². The molecule has 2 aliphatic rings. The van der Waals surface area contributed by atoms with Gasteiger partial charge >= 0.3 is 0 Å². The van der Waals surface area contributed by atoms with Crippen LogP contribution in [0.3, 0.4) is 0 Å². The van der Waals surface area contributed by atoms with Crippen LogP contribution in [-0.4, -0.2) is 29.9 Å². The summed E-state index contributed by atoms with van der Waals surface area (Å²) < 4.78 is 0. The minimum atomic E-state index is -0.106. The maximum atomic E-state index is 12.9. The Bertz CT molecular complexity index is 485. The smallest absolute Gasteiger partial charge is 0.242 e. The zero-order chi connectivity index (χ0) is 15.4. The van der Waals surface area contributed by atoms with Crippen molar-refractivity contribution in [3.05, 3.63) is 35.4 Å². The molecule has 22 heavy (non-hydrogen) atoms. The predicted octanol–water partition coefficient (Wildman–Crippen LogP) is 3.58. The van der Waals surface area contributed by atoms with E-state index in [1.165, 1.54) is 37.7 Å². The van der Waals surface area contributed by atoms with E-state index in [0.29, 0.717) is 6.04 Å². The number of rotatable bonds is 4. The Kier molecular flexibility index (Phi) is 5.14. The molecule has 0 radical (unpaired) electrons. The van der Waals surface area contributed by atoms with Crippen LogP contribution in [0.4, 0.5) is 0 Å². The number of benzene rings is 1. The van der Waals surface area contributed by atoms with Crippen LogP contribution < -0.4 is 5.32 Å². The van der Waals surface area contributed by atoms with Crippen molar-refractivity contribution in [1.29, 1.82) is 0 Å². The molecule has 3 heteroatoms. The topological polar surface area (TPSA) is 32.3 Å². The first-order valence-corrected chi connectivity index (χ1v) is 8.85. The third-order valence-corrected chi connectivity index (χ3v) is 5.10. The summed E-state index contributed by atoms with van der Waals surface area (Å²) in [5, 5.41) is 3.33. The Morgan fingerprint density at radius 1 is 1.05 bits per heavy atom. The van der Waals surface area contributed by atoms with Crippen LogP contribution in [0.1, 0.15) is 62.1 Å². The van der Waals surface area contributed by atoms with Crippen molar-refractivity contribution in [2.75, 3.05) is 13.1 Å². The lowest BCUT2D eigenvalue weighted by molar-refractivity contribution is -0.127. The van der Waals surface area contributed by atoms with Crippen molar-refractivity contribution in [2.24, 2.45) is 0 Å². The van der Waals surface area contributed by atoms with Crippen LogP contribution in [0.15, 0.2) is 24.3 Å². The van der Waals surface area contributed by atoms with Gasteiger partial charge in [-0.1, -0.05) is 49.1 Å². The lowest BCUT2D eigenvalue weighted by atomic mass is 9.94. The molecule has 0 unspecified atom stereocenters. The molecule has 3 nitrogen and oxygen atoms in total. The molecule has 1 aliphatic carbocycles. The van der Waals surface area contributed by atoms with Gasteiger partial charge in [0.2, 0.25) is 5.91 Å². The van der Waals surface area contributed by atoms with Crippen molar-refractivity contribution < 1.29 is 4.79 Å². The molecule has 3 rings (SSSR count). The number of aryl methyl sites for hydroxylation is 1. The highest BCUT2D eigenvalue weighted by atomic mass is 16.2. The summed E-state index contributed by atoms with van der Waals surface area (Å²) in [6.07, 6.45) is 8.53. The summed E-state index contributed by atoms with van der Waals surface area (Å²) in [6.45, 7) is 4.17. The first kappa shape index (κ1) is 15.5. The average molecular weight is 300 g/mol. The molecule has 1 atom stereocenters. The van der Waals surface area contributed by atoms with Gasteiger partial charge < -0.3 is 5.32 Å². The first-order chi connectivity index (χ1) is 10.7. The Hall–Kier alpha value is -1.35. The number of hydrogen-bond acceptors (Lipinski definition) is 2. The van der Waals surface area contributed by atoms with Gasteiger partial charge in [-0.05, 0) is 51.3 Å². The molecule has 1 aliphatic heterocycles. The number of hydrogen-bond donors (Lipinski definition) is 1. The minimum Gasteiger partial charge on any atom is -0.352 e. The van der Waals surface area contributed by atoms with E-state index >= 15 is 0 Å². The SMILES string of the molecule is Cc1ccc([C@H](C(=O)NC2CCCCC2)N2CCCC2)cc1. The fraction of sp³-hybridized carbons (Fsp3) is 0.632. The van der Waals surface area contributed by atoms with Crippen molar-refractivity contribution in [1.82, 2.24) is 10.2 Å². The minimum absolute atomic E-state index is 0.106. The highest BCUT2D eigenvalue weighted by Gasteiger charge is 2.31. The van der Waals surface area contributed by atoms with E-state index < -0.39 is 0 Å². The maximum absolute atomic E-state index is 12.9. The van der Waals surface area contributed by atoms with E-state index in [9.17, 15) is 4.79 Å². The van der Waals surface area contributed by atoms with Crippen LogP contribution in [0, 0.1) is 6.92 Å². The third kappa shape index (κ3) is 3.70. The van der Waals surface area contributed by atoms with E-state index in [4.69, 9.17) is 0 Å². The summed E-state index contributed by atoms with van der Waals surface area (Å²) in [6, 6.07) is 8.76. The second kappa shape index (κ2) is 7.28. The number of carbonyl (C=O) groups is 1. The number of nitrogens with zero attached hydrogens (tertiary/aromatic N) is 1. The molecule has 1 aromatic rings. The van der Waals surface area contributed by atoms with Crippen molar-refractivity contribution in [3.63, 3.8) is 0 Å². The lowest BCUT2D eigenvalue weighted by Crippen LogP contribution is -2.44. The third-order valence-electron chi connectivity index (χ3n) is 5.10. The predicted molar refractivity (Wildman–Crippen MR) is 89.7 cm³/mol. The standard InChI is InChI=1S/C19H28N2O/c1-15-9-11-16(12-10-15)18(21-13-5-6-14-21)19(22)20-17-7-3-2-4-8-17/h9-12,17-18H,2-8,13-14H2,1H3,(H,20,22)/t18-/m1/s1. The molecular weight excluding hydrogens is 272 g/mol. The van der Waals surface area contributed by atoms with E-state index in [-0.39, 0.29) is 11.9 Å². The molecule has 1 saturated heterocycles. The molecule has 1 heterocycles. The van der Waals surface area contributed by atoms with Crippen LogP contribution in [0.25, 0.3) is 0 Å². The van der Waals surface area contributed by atoms with Crippen molar-refractivity contribution in [2.45, 2.75) is 64.0 Å². The molecule has 1 aromatic carbocycles. The maximum Gasteiger partial charge on any atom is 0.242 e. The molecule has 1 amide bonds. The second-order valence-electron chi connectivity index (χ2n) is 6.90. The molecular formula is C19H28N2O. The van der Waals surface area contributed by atoms with Gasteiger partial charge in [-0.25, -0.2) is 0 Å². The van der Waals surface area contributed by atoms with Crippen molar-refractivity contribution >= 4 is 5.91 Å². The highest BCUT2D eigenvalue weighted by Crippen LogP contribution is 2.27. The number of amides is 1. The highest BCUT2D eigenvalue weighted by molar-refractivity contribution is 5.83. The van der Waals surface area contributed by atoms with Gasteiger partial charge in [0.05, 0.1) is 0 Å². The Morgan fingerprint density at radius 2 is 1.68 bits per heavy atom. The van der Waals surface area contributed by atoms with Crippen LogP contribution in [-0.2, 0) is 4.79 Å². The van der Waals surface area contributed by atoms with E-state index in [1.54, 1.807) is 0 Å². The largest absolute Gasteiger partial charge is 0.352 e. The van der Waals surface area contributed by atoms with Crippen LogP contribution in [0.2, 0.25) is 0 Å².